The number of furan rings is 1. The van der Waals surface area contributed by atoms with E-state index >= 15 is 0 Å². The molecule has 2 N–H and O–H groups in total. The summed E-state index contributed by atoms with van der Waals surface area (Å²) in [5.74, 6) is 0.0672. The van der Waals surface area contributed by atoms with Crippen molar-refractivity contribution in [2.24, 2.45) is 11.1 Å². The summed E-state index contributed by atoms with van der Waals surface area (Å²) in [5.41, 5.74) is 5.62. The maximum absolute atomic E-state index is 13.1. The number of fused-ring (bicyclic) bond motifs is 1. The molecular formula is C14H14FNO2. The zero-order chi connectivity index (χ0) is 12.9. The van der Waals surface area contributed by atoms with Crippen LogP contribution in [0.15, 0.2) is 28.7 Å². The minimum Gasteiger partial charge on any atom is -0.461 e. The predicted molar refractivity (Wildman–Crippen MR) is 65.4 cm³/mol. The first-order valence-corrected chi connectivity index (χ1v) is 6.02. The molecule has 1 aliphatic rings. The molecule has 3 rings (SSSR count). The molecule has 18 heavy (non-hydrogen) atoms. The largest absolute Gasteiger partial charge is 0.461 e. The summed E-state index contributed by atoms with van der Waals surface area (Å²) in [6.45, 7) is 1.94. The third kappa shape index (κ3) is 1.52. The molecular weight excluding hydrogens is 233 g/mol. The lowest BCUT2D eigenvalue weighted by Crippen LogP contribution is -2.29. The fourth-order valence-corrected chi connectivity index (χ4v) is 2.55. The van der Waals surface area contributed by atoms with E-state index < -0.39 is 5.41 Å². The quantitative estimate of drug-likeness (QED) is 0.906. The Labute approximate surface area is 104 Å². The van der Waals surface area contributed by atoms with Crippen LogP contribution in [0.4, 0.5) is 4.39 Å². The first-order valence-electron chi connectivity index (χ1n) is 6.02. The lowest BCUT2D eigenvalue weighted by atomic mass is 9.88. The van der Waals surface area contributed by atoms with Crippen LogP contribution in [0.3, 0.4) is 0 Å². The first kappa shape index (κ1) is 11.3. The van der Waals surface area contributed by atoms with Crippen molar-refractivity contribution in [3.05, 3.63) is 35.8 Å². The van der Waals surface area contributed by atoms with Crippen LogP contribution in [0.1, 0.15) is 31.4 Å². The molecule has 1 heterocycles. The van der Waals surface area contributed by atoms with Gasteiger partial charge in [0.2, 0.25) is 5.91 Å². The number of benzene rings is 1. The number of primary amides is 1. The number of carbonyl (C=O) groups is 1. The zero-order valence-corrected chi connectivity index (χ0v) is 10.1. The fraction of sp³-hybridized carbons (Fsp3) is 0.357. The van der Waals surface area contributed by atoms with Crippen LogP contribution in [0.2, 0.25) is 0 Å². The maximum Gasteiger partial charge on any atom is 0.224 e. The molecule has 1 amide bonds. The summed E-state index contributed by atoms with van der Waals surface area (Å²) in [6.07, 6.45) is 1.60. The molecule has 0 aliphatic heterocycles. The number of halogens is 1. The molecule has 0 saturated heterocycles. The Balaban J connectivity index is 2.02. The Bertz CT molecular complexity index is 628. The number of hydrogen-bond donors (Lipinski definition) is 1. The van der Waals surface area contributed by atoms with Crippen LogP contribution < -0.4 is 5.73 Å². The van der Waals surface area contributed by atoms with Gasteiger partial charge in [-0.25, -0.2) is 4.39 Å². The number of rotatable bonds is 3. The summed E-state index contributed by atoms with van der Waals surface area (Å²) >= 11 is 0. The SMILES string of the molecule is C[C@H](c1cc2cc(F)ccc2o1)C1(C(N)=O)CC1. The van der Waals surface area contributed by atoms with Crippen molar-refractivity contribution in [3.8, 4) is 0 Å². The van der Waals surface area contributed by atoms with E-state index in [9.17, 15) is 9.18 Å². The van der Waals surface area contributed by atoms with Gasteiger partial charge in [0.1, 0.15) is 17.2 Å². The second kappa shape index (κ2) is 3.57. The highest BCUT2D eigenvalue weighted by Crippen LogP contribution is 2.56. The van der Waals surface area contributed by atoms with Crippen LogP contribution in [0, 0.1) is 11.2 Å². The van der Waals surface area contributed by atoms with E-state index in [-0.39, 0.29) is 17.6 Å². The minimum atomic E-state index is -0.466. The van der Waals surface area contributed by atoms with E-state index in [1.54, 1.807) is 12.1 Å². The number of carbonyl (C=O) groups excluding carboxylic acids is 1. The second-order valence-electron chi connectivity index (χ2n) is 5.07. The molecule has 4 heteroatoms. The summed E-state index contributed by atoms with van der Waals surface area (Å²) in [5, 5.41) is 0.720. The lowest BCUT2D eigenvalue weighted by molar-refractivity contribution is -0.123. The average molecular weight is 247 g/mol. The smallest absolute Gasteiger partial charge is 0.224 e. The molecule has 1 saturated carbocycles. The van der Waals surface area contributed by atoms with Gasteiger partial charge in [0.25, 0.3) is 0 Å². The Morgan fingerprint density at radius 2 is 2.17 bits per heavy atom. The van der Waals surface area contributed by atoms with Crippen molar-refractivity contribution in [1.82, 2.24) is 0 Å². The van der Waals surface area contributed by atoms with Gasteiger partial charge in [-0.1, -0.05) is 6.92 Å². The second-order valence-corrected chi connectivity index (χ2v) is 5.07. The highest BCUT2D eigenvalue weighted by Gasteiger charge is 2.54. The molecule has 3 nitrogen and oxygen atoms in total. The molecule has 1 fully saturated rings. The first-order chi connectivity index (χ1) is 8.53. The van der Waals surface area contributed by atoms with E-state index in [2.05, 4.69) is 0 Å². The van der Waals surface area contributed by atoms with Crippen molar-refractivity contribution in [3.63, 3.8) is 0 Å². The monoisotopic (exact) mass is 247 g/mol. The summed E-state index contributed by atoms with van der Waals surface area (Å²) in [7, 11) is 0. The predicted octanol–water partition coefficient (Wildman–Crippen LogP) is 2.94. The van der Waals surface area contributed by atoms with Gasteiger partial charge >= 0.3 is 0 Å². The van der Waals surface area contributed by atoms with E-state index in [4.69, 9.17) is 10.2 Å². The fourth-order valence-electron chi connectivity index (χ4n) is 2.55. The third-order valence-corrected chi connectivity index (χ3v) is 4.03. The van der Waals surface area contributed by atoms with Gasteiger partial charge < -0.3 is 10.2 Å². The summed E-state index contributed by atoms with van der Waals surface area (Å²) in [6, 6.07) is 6.19. The highest BCUT2D eigenvalue weighted by molar-refractivity contribution is 5.85. The standard InChI is InChI=1S/C14H14FNO2/c1-8(14(4-5-14)13(16)17)12-7-9-6-10(15)2-3-11(9)18-12/h2-3,6-8H,4-5H2,1H3,(H2,16,17)/t8-/m1/s1. The Morgan fingerprint density at radius 1 is 1.44 bits per heavy atom. The van der Waals surface area contributed by atoms with E-state index in [1.165, 1.54) is 12.1 Å². The Kier molecular flexibility index (Phi) is 2.24. The summed E-state index contributed by atoms with van der Waals surface area (Å²) < 4.78 is 18.8. The lowest BCUT2D eigenvalue weighted by Gasteiger charge is -2.17. The van der Waals surface area contributed by atoms with E-state index in [0.717, 1.165) is 18.2 Å². The number of nitrogens with two attached hydrogens (primary N) is 1. The van der Waals surface area contributed by atoms with Crippen molar-refractivity contribution < 1.29 is 13.6 Å². The Hall–Kier alpha value is -1.84. The van der Waals surface area contributed by atoms with Gasteiger partial charge in [-0.2, -0.15) is 0 Å². The van der Waals surface area contributed by atoms with Crippen LogP contribution in [-0.4, -0.2) is 5.91 Å². The van der Waals surface area contributed by atoms with Crippen LogP contribution in [0.5, 0.6) is 0 Å². The molecule has 1 atom stereocenters. The maximum atomic E-state index is 13.1. The van der Waals surface area contributed by atoms with Gasteiger partial charge in [-0.15, -0.1) is 0 Å². The van der Waals surface area contributed by atoms with Gasteiger partial charge in [0, 0.05) is 11.3 Å². The van der Waals surface area contributed by atoms with E-state index in [0.29, 0.717) is 11.3 Å². The van der Waals surface area contributed by atoms with Crippen LogP contribution >= 0.6 is 0 Å². The molecule has 1 aliphatic carbocycles. The number of hydrogen-bond acceptors (Lipinski definition) is 2. The highest BCUT2D eigenvalue weighted by atomic mass is 19.1. The molecule has 94 valence electrons. The topological polar surface area (TPSA) is 56.2 Å². The van der Waals surface area contributed by atoms with Gasteiger partial charge in [0.15, 0.2) is 0 Å². The van der Waals surface area contributed by atoms with Gasteiger partial charge in [-0.3, -0.25) is 4.79 Å². The van der Waals surface area contributed by atoms with Crippen molar-refractivity contribution >= 4 is 16.9 Å². The third-order valence-electron chi connectivity index (χ3n) is 4.03. The van der Waals surface area contributed by atoms with E-state index in [1.807, 2.05) is 6.92 Å². The Morgan fingerprint density at radius 3 is 2.78 bits per heavy atom. The van der Waals surface area contributed by atoms with Crippen molar-refractivity contribution in [2.45, 2.75) is 25.7 Å². The van der Waals surface area contributed by atoms with Crippen molar-refractivity contribution in [1.29, 1.82) is 0 Å². The molecule has 0 unspecified atom stereocenters. The van der Waals surface area contributed by atoms with Crippen LogP contribution in [-0.2, 0) is 4.79 Å². The molecule has 1 aromatic carbocycles. The number of amides is 1. The minimum absolute atomic E-state index is 0.0644. The molecule has 2 aromatic rings. The van der Waals surface area contributed by atoms with Gasteiger partial charge in [-0.05, 0) is 37.1 Å². The average Bonchev–Trinajstić information content (AvgIpc) is 3.03. The molecule has 0 bridgehead atoms. The van der Waals surface area contributed by atoms with Crippen molar-refractivity contribution in [2.75, 3.05) is 0 Å². The summed E-state index contributed by atoms with van der Waals surface area (Å²) in [4.78, 5) is 11.5. The molecule has 1 aromatic heterocycles. The zero-order valence-electron chi connectivity index (χ0n) is 10.1. The normalized spacial score (nSPS) is 18.8. The molecule has 0 spiro atoms. The molecule has 0 radical (unpaired) electrons. The van der Waals surface area contributed by atoms with Gasteiger partial charge in [0.05, 0.1) is 5.41 Å². The van der Waals surface area contributed by atoms with Crippen LogP contribution in [0.25, 0.3) is 11.0 Å².